The van der Waals surface area contributed by atoms with Crippen molar-refractivity contribution in [2.24, 2.45) is 0 Å². The van der Waals surface area contributed by atoms with E-state index in [1.54, 1.807) is 30.0 Å². The second kappa shape index (κ2) is 9.54. The number of carboxylic acids is 1. The number of hydrogen-bond donors (Lipinski definition) is 2. The van der Waals surface area contributed by atoms with E-state index in [-0.39, 0.29) is 11.4 Å². The summed E-state index contributed by atoms with van der Waals surface area (Å²) in [5.41, 5.74) is -1.68. The molecule has 1 aromatic carbocycles. The van der Waals surface area contributed by atoms with Crippen molar-refractivity contribution in [3.63, 3.8) is 0 Å². The average Bonchev–Trinajstić information content (AvgIpc) is 2.67. The Kier molecular flexibility index (Phi) is 7.39. The number of hydrogen-bond acceptors (Lipinski definition) is 6. The number of carboxylic acid groups (broad SMARTS) is 1. The molecule has 1 aromatic heterocycles. The van der Waals surface area contributed by atoms with Crippen LogP contribution in [0.2, 0.25) is 0 Å². The van der Waals surface area contributed by atoms with Crippen molar-refractivity contribution >= 4 is 23.7 Å². The molecule has 0 amide bonds. The van der Waals surface area contributed by atoms with Gasteiger partial charge in [0.2, 0.25) is 5.75 Å². The maximum absolute atomic E-state index is 12.5. The highest BCUT2D eigenvalue weighted by Crippen LogP contribution is 2.27. The maximum Gasteiger partial charge on any atom is 0.358 e. The van der Waals surface area contributed by atoms with Gasteiger partial charge in [0, 0.05) is 5.41 Å². The number of nitrogens with zero attached hydrogens (tertiary/aromatic N) is 1. The van der Waals surface area contributed by atoms with E-state index in [1.807, 2.05) is 20.1 Å². The SMILES string of the molecule is CSCCCCC(C)(C)c1nc(C(=O)O)c(OC(=O)c2ccccc2)c(=O)[nH]1. The zero-order chi connectivity index (χ0) is 20.7. The minimum atomic E-state index is -1.43. The Morgan fingerprint density at radius 3 is 2.50 bits per heavy atom. The fraction of sp³-hybridized carbons (Fsp3) is 0.400. The Bertz CT molecular complexity index is 893. The van der Waals surface area contributed by atoms with Gasteiger partial charge in [0.1, 0.15) is 5.82 Å². The van der Waals surface area contributed by atoms with Gasteiger partial charge >= 0.3 is 11.9 Å². The van der Waals surface area contributed by atoms with Crippen LogP contribution in [-0.4, -0.2) is 39.0 Å². The van der Waals surface area contributed by atoms with Crippen LogP contribution in [0.4, 0.5) is 0 Å². The molecule has 0 atom stereocenters. The van der Waals surface area contributed by atoms with Crippen LogP contribution in [0, 0.1) is 0 Å². The van der Waals surface area contributed by atoms with Gasteiger partial charge in [0.15, 0.2) is 5.69 Å². The minimum absolute atomic E-state index is 0.205. The van der Waals surface area contributed by atoms with Crippen molar-refractivity contribution in [1.82, 2.24) is 9.97 Å². The Hall–Kier alpha value is -2.61. The molecular formula is C20H24N2O5S. The molecule has 1 heterocycles. The number of rotatable bonds is 9. The first-order valence-corrected chi connectivity index (χ1v) is 10.3. The summed E-state index contributed by atoms with van der Waals surface area (Å²) in [7, 11) is 0. The third kappa shape index (κ3) is 5.45. The predicted molar refractivity (Wildman–Crippen MR) is 108 cm³/mol. The number of esters is 1. The lowest BCUT2D eigenvalue weighted by Crippen LogP contribution is -2.29. The van der Waals surface area contributed by atoms with Crippen molar-refractivity contribution < 1.29 is 19.4 Å². The summed E-state index contributed by atoms with van der Waals surface area (Å²) in [6.07, 6.45) is 4.72. The minimum Gasteiger partial charge on any atom is -0.476 e. The van der Waals surface area contributed by atoms with Crippen molar-refractivity contribution in [2.75, 3.05) is 12.0 Å². The first kappa shape index (κ1) is 21.7. The summed E-state index contributed by atoms with van der Waals surface area (Å²) >= 11 is 1.76. The number of thioether (sulfide) groups is 1. The molecular weight excluding hydrogens is 380 g/mol. The van der Waals surface area contributed by atoms with Gasteiger partial charge in [-0.05, 0) is 37.0 Å². The maximum atomic E-state index is 12.5. The van der Waals surface area contributed by atoms with Crippen LogP contribution in [0.3, 0.4) is 0 Å². The van der Waals surface area contributed by atoms with Crippen LogP contribution < -0.4 is 10.3 Å². The third-order valence-electron chi connectivity index (χ3n) is 4.32. The summed E-state index contributed by atoms with van der Waals surface area (Å²) in [5, 5.41) is 9.50. The lowest BCUT2D eigenvalue weighted by molar-refractivity contribution is 0.0671. The normalized spacial score (nSPS) is 11.2. The predicted octanol–water partition coefficient (Wildman–Crippen LogP) is 3.50. The molecule has 2 rings (SSSR count). The monoisotopic (exact) mass is 404 g/mol. The van der Waals surface area contributed by atoms with Gasteiger partial charge in [-0.3, -0.25) is 4.79 Å². The molecule has 2 N–H and O–H groups in total. The largest absolute Gasteiger partial charge is 0.476 e. The molecule has 0 spiro atoms. The fourth-order valence-electron chi connectivity index (χ4n) is 2.68. The summed E-state index contributed by atoms with van der Waals surface area (Å²) in [6, 6.07) is 8.02. The molecule has 2 aromatic rings. The molecule has 0 radical (unpaired) electrons. The summed E-state index contributed by atoms with van der Waals surface area (Å²) in [6.45, 7) is 3.79. The van der Waals surface area contributed by atoms with Crippen LogP contribution >= 0.6 is 11.8 Å². The van der Waals surface area contributed by atoms with E-state index in [0.29, 0.717) is 0 Å². The molecule has 0 saturated heterocycles. The molecule has 0 aliphatic carbocycles. The van der Waals surface area contributed by atoms with Gasteiger partial charge in [0.25, 0.3) is 5.56 Å². The smallest absolute Gasteiger partial charge is 0.358 e. The lowest BCUT2D eigenvalue weighted by Gasteiger charge is -2.24. The number of aromatic amines is 1. The van der Waals surface area contributed by atoms with E-state index in [1.165, 1.54) is 12.1 Å². The second-order valence-electron chi connectivity index (χ2n) is 6.99. The van der Waals surface area contributed by atoms with Gasteiger partial charge in [-0.25, -0.2) is 14.6 Å². The van der Waals surface area contributed by atoms with Crippen molar-refractivity contribution in [1.29, 1.82) is 0 Å². The van der Waals surface area contributed by atoms with E-state index in [4.69, 9.17) is 4.74 Å². The molecule has 7 nitrogen and oxygen atoms in total. The number of aromatic carboxylic acids is 1. The van der Waals surface area contributed by atoms with Crippen molar-refractivity contribution in [2.45, 2.75) is 38.5 Å². The average molecular weight is 404 g/mol. The van der Waals surface area contributed by atoms with E-state index in [2.05, 4.69) is 9.97 Å². The molecule has 28 heavy (non-hydrogen) atoms. The summed E-state index contributed by atoms with van der Waals surface area (Å²) < 4.78 is 5.08. The van der Waals surface area contributed by atoms with Gasteiger partial charge in [-0.15, -0.1) is 0 Å². The van der Waals surface area contributed by atoms with Crippen molar-refractivity contribution in [3.8, 4) is 5.75 Å². The first-order chi connectivity index (χ1) is 13.3. The Balaban J connectivity index is 2.32. The highest BCUT2D eigenvalue weighted by molar-refractivity contribution is 7.98. The van der Waals surface area contributed by atoms with Crippen LogP contribution in [0.25, 0.3) is 0 Å². The van der Waals surface area contributed by atoms with Gasteiger partial charge in [-0.1, -0.05) is 38.5 Å². The second-order valence-corrected chi connectivity index (χ2v) is 7.97. The number of benzene rings is 1. The van der Waals surface area contributed by atoms with Gasteiger partial charge in [0.05, 0.1) is 5.56 Å². The number of carbonyl (C=O) groups excluding carboxylic acids is 1. The van der Waals surface area contributed by atoms with E-state index >= 15 is 0 Å². The van der Waals surface area contributed by atoms with E-state index in [9.17, 15) is 19.5 Å². The Morgan fingerprint density at radius 1 is 1.21 bits per heavy atom. The molecule has 0 aliphatic rings. The molecule has 0 aliphatic heterocycles. The number of unbranched alkanes of at least 4 members (excludes halogenated alkanes) is 1. The van der Waals surface area contributed by atoms with Gasteiger partial charge in [-0.2, -0.15) is 11.8 Å². The number of H-pyrrole nitrogens is 1. The van der Waals surface area contributed by atoms with Crippen LogP contribution in [0.5, 0.6) is 5.75 Å². The molecule has 0 fully saturated rings. The lowest BCUT2D eigenvalue weighted by atomic mass is 9.86. The number of carbonyl (C=O) groups is 2. The summed E-state index contributed by atoms with van der Waals surface area (Å²) in [5.74, 6) is -1.56. The highest BCUT2D eigenvalue weighted by Gasteiger charge is 2.29. The fourth-order valence-corrected chi connectivity index (χ4v) is 3.17. The zero-order valence-corrected chi connectivity index (χ0v) is 17.0. The number of aromatic nitrogens is 2. The van der Waals surface area contributed by atoms with E-state index in [0.717, 1.165) is 25.0 Å². The highest BCUT2D eigenvalue weighted by atomic mass is 32.2. The van der Waals surface area contributed by atoms with Gasteiger partial charge < -0.3 is 14.8 Å². The molecule has 0 bridgehead atoms. The quantitative estimate of drug-likeness (QED) is 0.486. The molecule has 0 saturated carbocycles. The van der Waals surface area contributed by atoms with Crippen molar-refractivity contribution in [3.05, 3.63) is 57.8 Å². The Labute approximate surface area is 167 Å². The number of nitrogens with one attached hydrogen (secondary N) is 1. The van der Waals surface area contributed by atoms with Crippen LogP contribution in [0.1, 0.15) is 59.8 Å². The Morgan fingerprint density at radius 2 is 1.89 bits per heavy atom. The van der Waals surface area contributed by atoms with Crippen LogP contribution in [-0.2, 0) is 5.41 Å². The topological polar surface area (TPSA) is 109 Å². The standard InChI is InChI=1S/C20H24N2O5S/c1-20(2,11-7-8-12-28-3)19-21-14(17(24)25)15(16(23)22-19)27-18(26)13-9-5-4-6-10-13/h4-6,9-10H,7-8,11-12H2,1-3H3,(H,24,25)(H,21,22,23). The zero-order valence-electron chi connectivity index (χ0n) is 16.2. The van der Waals surface area contributed by atoms with Crippen LogP contribution in [0.15, 0.2) is 35.1 Å². The molecule has 8 heteroatoms. The third-order valence-corrected chi connectivity index (χ3v) is 5.02. The number of ether oxygens (including phenoxy) is 1. The first-order valence-electron chi connectivity index (χ1n) is 8.90. The summed E-state index contributed by atoms with van der Waals surface area (Å²) in [4.78, 5) is 43.1. The molecule has 150 valence electrons. The molecule has 0 unspecified atom stereocenters. The van der Waals surface area contributed by atoms with E-state index < -0.39 is 34.4 Å².